The van der Waals surface area contributed by atoms with E-state index < -0.39 is 0 Å². The Morgan fingerprint density at radius 3 is 2.96 bits per heavy atom. The largest absolute Gasteiger partial charge is 0.493 e. The molecule has 23 heavy (non-hydrogen) atoms. The first-order valence-electron chi connectivity index (χ1n) is 8.04. The zero-order chi connectivity index (χ0) is 15.8. The lowest BCUT2D eigenvalue weighted by Gasteiger charge is -2.12. The Labute approximate surface area is 138 Å². The van der Waals surface area contributed by atoms with Gasteiger partial charge in [-0.15, -0.1) is 11.3 Å². The number of thiazole rings is 1. The zero-order valence-corrected chi connectivity index (χ0v) is 13.9. The van der Waals surface area contributed by atoms with Crippen LogP contribution in [0.1, 0.15) is 40.8 Å². The molecule has 1 aliphatic carbocycles. The zero-order valence-electron chi connectivity index (χ0n) is 13.0. The molecule has 0 unspecified atom stereocenters. The van der Waals surface area contributed by atoms with E-state index in [2.05, 4.69) is 4.40 Å². The second-order valence-corrected chi connectivity index (χ2v) is 6.75. The van der Waals surface area contributed by atoms with Crippen molar-refractivity contribution in [3.8, 4) is 17.0 Å². The van der Waals surface area contributed by atoms with E-state index in [-0.39, 0.29) is 0 Å². The van der Waals surface area contributed by atoms with Crippen molar-refractivity contribution in [3.05, 3.63) is 40.5 Å². The number of fused-ring (bicyclic) bond motifs is 3. The molecule has 0 saturated heterocycles. The van der Waals surface area contributed by atoms with Gasteiger partial charge in [0.2, 0.25) is 0 Å². The molecule has 0 atom stereocenters. The third-order valence-corrected chi connectivity index (χ3v) is 5.45. The Hall–Kier alpha value is -2.14. The number of para-hydroxylation sites is 1. The number of aldehydes is 1. The molecule has 0 saturated carbocycles. The van der Waals surface area contributed by atoms with E-state index in [4.69, 9.17) is 9.72 Å². The van der Waals surface area contributed by atoms with Gasteiger partial charge in [0.1, 0.15) is 17.1 Å². The molecule has 0 bridgehead atoms. The van der Waals surface area contributed by atoms with E-state index in [1.54, 1.807) is 11.3 Å². The van der Waals surface area contributed by atoms with Crippen molar-refractivity contribution in [2.75, 3.05) is 6.61 Å². The number of hydrogen-bond acceptors (Lipinski definition) is 4. The highest BCUT2D eigenvalue weighted by Gasteiger charge is 2.24. The van der Waals surface area contributed by atoms with E-state index in [1.165, 1.54) is 23.4 Å². The molecule has 118 valence electrons. The van der Waals surface area contributed by atoms with E-state index >= 15 is 0 Å². The molecule has 4 nitrogen and oxygen atoms in total. The SMILES string of the molecule is CCOc1ccccc1-c1nc2sc3c(n2c1C=O)CCCC3. The highest BCUT2D eigenvalue weighted by molar-refractivity contribution is 7.17. The smallest absolute Gasteiger partial charge is 0.195 e. The summed E-state index contributed by atoms with van der Waals surface area (Å²) in [5, 5.41) is 0. The molecular weight excluding hydrogens is 308 g/mol. The fourth-order valence-electron chi connectivity index (χ4n) is 3.31. The van der Waals surface area contributed by atoms with Crippen molar-refractivity contribution in [2.24, 2.45) is 0 Å². The molecule has 0 N–H and O–H groups in total. The minimum Gasteiger partial charge on any atom is -0.493 e. The molecule has 0 spiro atoms. The minimum absolute atomic E-state index is 0.588. The number of hydrogen-bond donors (Lipinski definition) is 0. The molecule has 5 heteroatoms. The molecule has 2 heterocycles. The van der Waals surface area contributed by atoms with Gasteiger partial charge in [-0.1, -0.05) is 12.1 Å². The number of carbonyl (C=O) groups is 1. The van der Waals surface area contributed by atoms with Crippen LogP contribution in [0.25, 0.3) is 16.2 Å². The van der Waals surface area contributed by atoms with Gasteiger partial charge in [0.15, 0.2) is 11.2 Å². The van der Waals surface area contributed by atoms with Gasteiger partial charge in [-0.3, -0.25) is 9.20 Å². The van der Waals surface area contributed by atoms with Crippen molar-refractivity contribution in [1.29, 1.82) is 0 Å². The number of carbonyl (C=O) groups excluding carboxylic acids is 1. The van der Waals surface area contributed by atoms with Gasteiger partial charge in [-0.05, 0) is 44.7 Å². The fraction of sp³-hybridized carbons (Fsp3) is 0.333. The van der Waals surface area contributed by atoms with Crippen LogP contribution in [0, 0.1) is 0 Å². The summed E-state index contributed by atoms with van der Waals surface area (Å²) >= 11 is 1.72. The van der Waals surface area contributed by atoms with Crippen LogP contribution in [0.3, 0.4) is 0 Å². The lowest BCUT2D eigenvalue weighted by Crippen LogP contribution is -2.05. The number of imidazole rings is 1. The summed E-state index contributed by atoms with van der Waals surface area (Å²) in [6, 6.07) is 7.79. The van der Waals surface area contributed by atoms with Crippen LogP contribution >= 0.6 is 11.3 Å². The Kier molecular flexibility index (Phi) is 3.65. The summed E-state index contributed by atoms with van der Waals surface area (Å²) in [4.78, 5) is 18.9. The predicted octanol–water partition coefficient (Wildman–Crippen LogP) is 4.15. The summed E-state index contributed by atoms with van der Waals surface area (Å²) in [7, 11) is 0. The highest BCUT2D eigenvalue weighted by atomic mass is 32.1. The minimum atomic E-state index is 0.588. The third-order valence-electron chi connectivity index (χ3n) is 4.31. The van der Waals surface area contributed by atoms with Crippen molar-refractivity contribution in [2.45, 2.75) is 32.6 Å². The summed E-state index contributed by atoms with van der Waals surface area (Å²) in [5.41, 5.74) is 3.53. The van der Waals surface area contributed by atoms with Gasteiger partial charge in [0, 0.05) is 16.1 Å². The van der Waals surface area contributed by atoms with Crippen LogP contribution in [0.4, 0.5) is 0 Å². The summed E-state index contributed by atoms with van der Waals surface area (Å²) in [6.45, 7) is 2.55. The first-order chi connectivity index (χ1) is 11.3. The van der Waals surface area contributed by atoms with E-state index in [0.29, 0.717) is 12.3 Å². The molecule has 1 aliphatic rings. The van der Waals surface area contributed by atoms with Crippen molar-refractivity contribution < 1.29 is 9.53 Å². The van der Waals surface area contributed by atoms with E-state index in [1.807, 2.05) is 31.2 Å². The Morgan fingerprint density at radius 1 is 1.30 bits per heavy atom. The molecular formula is C18H18N2O2S. The maximum atomic E-state index is 11.8. The van der Waals surface area contributed by atoms with Crippen LogP contribution in [-0.2, 0) is 12.8 Å². The van der Waals surface area contributed by atoms with Gasteiger partial charge in [-0.25, -0.2) is 4.98 Å². The number of nitrogens with zero attached hydrogens (tertiary/aromatic N) is 2. The molecule has 3 aromatic rings. The van der Waals surface area contributed by atoms with Crippen molar-refractivity contribution in [1.82, 2.24) is 9.38 Å². The highest BCUT2D eigenvalue weighted by Crippen LogP contribution is 2.37. The Bertz CT molecular complexity index is 879. The Balaban J connectivity index is 1.95. The predicted molar refractivity (Wildman–Crippen MR) is 91.7 cm³/mol. The molecule has 1 aromatic carbocycles. The van der Waals surface area contributed by atoms with Crippen LogP contribution in [0.15, 0.2) is 24.3 Å². The van der Waals surface area contributed by atoms with Crippen molar-refractivity contribution >= 4 is 22.6 Å². The van der Waals surface area contributed by atoms with Gasteiger partial charge in [0.25, 0.3) is 0 Å². The van der Waals surface area contributed by atoms with Crippen LogP contribution in [0.2, 0.25) is 0 Å². The molecule has 4 rings (SSSR count). The van der Waals surface area contributed by atoms with Crippen LogP contribution in [-0.4, -0.2) is 22.3 Å². The Morgan fingerprint density at radius 2 is 2.13 bits per heavy atom. The lowest BCUT2D eigenvalue weighted by molar-refractivity contribution is 0.111. The number of benzene rings is 1. The second kappa shape index (κ2) is 5.81. The average Bonchev–Trinajstić information content (AvgIpc) is 3.11. The summed E-state index contributed by atoms with van der Waals surface area (Å²) in [5.74, 6) is 0.776. The first kappa shape index (κ1) is 14.5. The standard InChI is InChI=1S/C18H18N2O2S/c1-2-22-15-9-5-3-7-12(15)17-14(11-21)20-13-8-4-6-10-16(13)23-18(20)19-17/h3,5,7,9,11H,2,4,6,8,10H2,1H3. The fourth-order valence-corrected chi connectivity index (χ4v) is 4.52. The molecule has 2 aromatic heterocycles. The van der Waals surface area contributed by atoms with E-state index in [9.17, 15) is 4.79 Å². The summed E-state index contributed by atoms with van der Waals surface area (Å²) < 4.78 is 7.77. The number of aryl methyl sites for hydroxylation is 2. The quantitative estimate of drug-likeness (QED) is 0.676. The molecule has 0 radical (unpaired) electrons. The maximum absolute atomic E-state index is 11.8. The topological polar surface area (TPSA) is 43.6 Å². The summed E-state index contributed by atoms with van der Waals surface area (Å²) in [6.07, 6.45) is 5.47. The average molecular weight is 326 g/mol. The lowest BCUT2D eigenvalue weighted by atomic mass is 10.0. The maximum Gasteiger partial charge on any atom is 0.195 e. The number of aromatic nitrogens is 2. The number of ether oxygens (including phenoxy) is 1. The first-order valence-corrected chi connectivity index (χ1v) is 8.85. The van der Waals surface area contributed by atoms with Crippen molar-refractivity contribution in [3.63, 3.8) is 0 Å². The van der Waals surface area contributed by atoms with Gasteiger partial charge in [0.05, 0.1) is 6.61 Å². The molecule has 0 aliphatic heterocycles. The third kappa shape index (κ3) is 2.27. The van der Waals surface area contributed by atoms with E-state index in [0.717, 1.165) is 41.1 Å². The van der Waals surface area contributed by atoms with Gasteiger partial charge < -0.3 is 4.74 Å². The second-order valence-electron chi connectivity index (χ2n) is 5.69. The van der Waals surface area contributed by atoms with Gasteiger partial charge >= 0.3 is 0 Å². The normalized spacial score (nSPS) is 14.0. The molecule has 0 amide bonds. The van der Waals surface area contributed by atoms with Crippen LogP contribution < -0.4 is 4.74 Å². The van der Waals surface area contributed by atoms with Gasteiger partial charge in [-0.2, -0.15) is 0 Å². The molecule has 0 fully saturated rings. The van der Waals surface area contributed by atoms with Crippen LogP contribution in [0.5, 0.6) is 5.75 Å². The number of rotatable bonds is 4. The monoisotopic (exact) mass is 326 g/mol.